The van der Waals surface area contributed by atoms with Gasteiger partial charge >= 0.3 is 24.1 Å². The molecule has 2 amide bonds. The number of aliphatic hydroxyl groups is 8. The molecule has 0 aliphatic carbocycles. The number of ether oxygens (including phenoxy) is 6. The van der Waals surface area contributed by atoms with Crippen molar-refractivity contribution in [1.82, 2.24) is 10.6 Å². The molecule has 0 unspecified atom stereocenters. The number of carbonyl (C=O) groups is 4. The first-order valence-electron chi connectivity index (χ1n) is 15.3. The first-order valence-corrected chi connectivity index (χ1v) is 17.8. The largest absolute Gasteiger partial charge is 0.461 e. The Balaban J connectivity index is 2.08. The van der Waals surface area contributed by atoms with E-state index in [2.05, 4.69) is 10.6 Å². The fourth-order valence-corrected chi connectivity index (χ4v) is 6.43. The zero-order valence-electron chi connectivity index (χ0n) is 28.2. The van der Waals surface area contributed by atoms with Crippen molar-refractivity contribution in [2.75, 3.05) is 24.7 Å². The van der Waals surface area contributed by atoms with Gasteiger partial charge in [-0.1, -0.05) is 21.6 Å². The predicted molar refractivity (Wildman–Crippen MR) is 171 cm³/mol. The van der Waals surface area contributed by atoms with Gasteiger partial charge in [0.2, 0.25) is 0 Å². The molecule has 12 atom stereocenters. The van der Waals surface area contributed by atoms with Gasteiger partial charge in [0, 0.05) is 11.5 Å². The molecule has 0 spiro atoms. The molecule has 50 heavy (non-hydrogen) atoms. The van der Waals surface area contributed by atoms with Crippen LogP contribution in [0, 0.1) is 0 Å². The molecule has 2 fully saturated rings. The van der Waals surface area contributed by atoms with Crippen molar-refractivity contribution in [3.05, 3.63) is 0 Å². The Labute approximate surface area is 295 Å². The highest BCUT2D eigenvalue weighted by molar-refractivity contribution is 8.76. The molecule has 0 bridgehead atoms. The SMILES string of the molecule is CC(C)(C)OC(=O)N[C@H](CSSC[C@@H](NC(=O)OC(C)(C)C)C(=O)OC[C@H]1O[C@H](O)[C@H](O)[C@@H](O)[C@H]1O)C(=O)OC[C@H]1O[C@H](O)[C@H](O)[C@@H](O)[C@H]1O. The predicted octanol–water partition coefficient (Wildman–Crippen LogP) is -3.16. The van der Waals surface area contributed by atoms with Gasteiger partial charge in [0.25, 0.3) is 0 Å². The summed E-state index contributed by atoms with van der Waals surface area (Å²) in [4.78, 5) is 51.0. The first kappa shape index (κ1) is 43.9. The molecule has 2 heterocycles. The lowest BCUT2D eigenvalue weighted by atomic mass is 9.99. The second-order valence-corrected chi connectivity index (χ2v) is 15.9. The molecule has 2 aliphatic rings. The smallest absolute Gasteiger partial charge is 0.408 e. The molecule has 2 saturated heterocycles. The van der Waals surface area contributed by atoms with Gasteiger partial charge in [-0.15, -0.1) is 0 Å². The van der Waals surface area contributed by atoms with Gasteiger partial charge in [-0.3, -0.25) is 0 Å². The van der Waals surface area contributed by atoms with Crippen LogP contribution in [0.2, 0.25) is 0 Å². The Hall–Kier alpha value is -2.22. The summed E-state index contributed by atoms with van der Waals surface area (Å²) in [5, 5.41) is 83.5. The van der Waals surface area contributed by atoms with Crippen LogP contribution in [0.3, 0.4) is 0 Å². The van der Waals surface area contributed by atoms with Crippen molar-refractivity contribution < 1.29 is 88.5 Å². The summed E-state index contributed by atoms with van der Waals surface area (Å²) in [7, 11) is 1.88. The highest BCUT2D eigenvalue weighted by Gasteiger charge is 2.45. The monoisotopic (exact) mass is 764 g/mol. The minimum absolute atomic E-state index is 0.213. The summed E-state index contributed by atoms with van der Waals surface area (Å²) in [5.74, 6) is -2.51. The molecule has 0 aromatic rings. The number of hydrogen-bond acceptors (Lipinski definition) is 20. The summed E-state index contributed by atoms with van der Waals surface area (Å²) in [5.41, 5.74) is -1.88. The Morgan fingerprint density at radius 3 is 1.20 bits per heavy atom. The Morgan fingerprint density at radius 2 is 0.900 bits per heavy atom. The van der Waals surface area contributed by atoms with Crippen molar-refractivity contribution in [3.8, 4) is 0 Å². The minimum Gasteiger partial charge on any atom is -0.461 e. The highest BCUT2D eigenvalue weighted by atomic mass is 33.1. The van der Waals surface area contributed by atoms with Crippen LogP contribution < -0.4 is 10.6 Å². The quantitative estimate of drug-likeness (QED) is 0.0383. The molecule has 0 aromatic heterocycles. The zero-order valence-corrected chi connectivity index (χ0v) is 29.9. The van der Waals surface area contributed by atoms with E-state index in [0.29, 0.717) is 0 Å². The molecule has 0 radical (unpaired) electrons. The number of rotatable bonds is 13. The van der Waals surface area contributed by atoms with Crippen LogP contribution in [0.4, 0.5) is 9.59 Å². The second kappa shape index (κ2) is 19.0. The zero-order chi connectivity index (χ0) is 38.1. The lowest BCUT2D eigenvalue weighted by Crippen LogP contribution is -2.59. The number of hydrogen-bond donors (Lipinski definition) is 10. The molecule has 0 saturated carbocycles. The number of aliphatic hydroxyl groups excluding tert-OH is 8. The van der Waals surface area contributed by atoms with E-state index in [1.54, 1.807) is 41.5 Å². The summed E-state index contributed by atoms with van der Waals surface area (Å²) in [6.07, 6.45) is -19.3. The maximum absolute atomic E-state index is 13.0. The van der Waals surface area contributed by atoms with Crippen molar-refractivity contribution in [2.24, 2.45) is 0 Å². The van der Waals surface area contributed by atoms with Crippen molar-refractivity contribution >= 4 is 45.7 Å². The molecule has 2 aliphatic heterocycles. The number of amides is 2. The molecule has 0 aromatic carbocycles. The molecule has 290 valence electrons. The number of esters is 2. The van der Waals surface area contributed by atoms with Crippen molar-refractivity contribution in [1.29, 1.82) is 0 Å². The van der Waals surface area contributed by atoms with E-state index in [1.165, 1.54) is 0 Å². The van der Waals surface area contributed by atoms with E-state index in [0.717, 1.165) is 21.6 Å². The van der Waals surface area contributed by atoms with Crippen molar-refractivity contribution in [2.45, 2.75) is 126 Å². The molecule has 2 rings (SSSR count). The van der Waals surface area contributed by atoms with Gasteiger partial charge in [-0.2, -0.15) is 0 Å². The van der Waals surface area contributed by atoms with Crippen LogP contribution >= 0.6 is 21.6 Å². The molecular weight excluding hydrogens is 716 g/mol. The molecular formula is C28H48N2O18S2. The molecule has 10 N–H and O–H groups in total. The van der Waals surface area contributed by atoms with Crippen LogP contribution in [-0.4, -0.2) is 174 Å². The average Bonchev–Trinajstić information content (AvgIpc) is 2.99. The fourth-order valence-electron chi connectivity index (χ4n) is 4.14. The topological polar surface area (TPSA) is 310 Å². The van der Waals surface area contributed by atoms with Crippen LogP contribution in [-0.2, 0) is 38.0 Å². The van der Waals surface area contributed by atoms with Crippen LogP contribution in [0.5, 0.6) is 0 Å². The van der Waals surface area contributed by atoms with E-state index in [9.17, 15) is 60.0 Å². The summed E-state index contributed by atoms with van der Waals surface area (Å²) in [6, 6.07) is -2.79. The Bertz CT molecular complexity index is 1050. The van der Waals surface area contributed by atoms with Gasteiger partial charge in [0.05, 0.1) is 0 Å². The maximum atomic E-state index is 13.0. The van der Waals surface area contributed by atoms with E-state index in [1.807, 2.05) is 0 Å². The minimum atomic E-state index is -1.87. The number of carbonyl (C=O) groups excluding carboxylic acids is 4. The maximum Gasteiger partial charge on any atom is 0.408 e. The second-order valence-electron chi connectivity index (χ2n) is 13.3. The third-order valence-electron chi connectivity index (χ3n) is 6.66. The fraction of sp³-hybridized carbons (Fsp3) is 0.857. The first-order chi connectivity index (χ1) is 23.0. The summed E-state index contributed by atoms with van der Waals surface area (Å²) >= 11 is 0. The van der Waals surface area contributed by atoms with Gasteiger partial charge < -0.3 is 79.9 Å². The molecule has 22 heteroatoms. The number of alkyl carbamates (subject to hydrolysis) is 2. The lowest BCUT2D eigenvalue weighted by Gasteiger charge is -2.38. The van der Waals surface area contributed by atoms with Crippen molar-refractivity contribution in [3.63, 3.8) is 0 Å². The lowest BCUT2D eigenvalue weighted by molar-refractivity contribution is -0.287. The van der Waals surface area contributed by atoms with E-state index >= 15 is 0 Å². The number of nitrogens with one attached hydrogen (secondary N) is 2. The van der Waals surface area contributed by atoms with E-state index in [4.69, 9.17) is 28.4 Å². The van der Waals surface area contributed by atoms with E-state index < -0.39 is 122 Å². The third-order valence-corrected chi connectivity index (χ3v) is 9.08. The summed E-state index contributed by atoms with van der Waals surface area (Å²) in [6.45, 7) is 8.14. The standard InChI is InChI=1S/C28H48N2O18S2/c1-27(2,3)47-25(41)29-11(21(37)43-7-13-15(31)17(33)19(35)23(39)45-13)9-49-50-10-12(30-26(42)48-28(4,5)6)22(38)44-8-14-16(32)18(34)20(36)24(40)46-14/h11-20,23-24,31-36,39-40H,7-10H2,1-6H3,(H,29,41)(H,30,42)/t11-,12-,13-,14-,15+,16+,17+,18+,19-,20-,23+,24+/m1/s1. The van der Waals surface area contributed by atoms with Gasteiger partial charge in [0.1, 0.15) is 85.3 Å². The average molecular weight is 765 g/mol. The van der Waals surface area contributed by atoms with Gasteiger partial charge in [-0.25, -0.2) is 19.2 Å². The van der Waals surface area contributed by atoms with Gasteiger partial charge in [0.15, 0.2) is 12.6 Å². The van der Waals surface area contributed by atoms with E-state index in [-0.39, 0.29) is 11.5 Å². The van der Waals surface area contributed by atoms with Crippen LogP contribution in [0.25, 0.3) is 0 Å². The highest BCUT2D eigenvalue weighted by Crippen LogP contribution is 2.26. The molecule has 20 nitrogen and oxygen atoms in total. The van der Waals surface area contributed by atoms with Crippen LogP contribution in [0.1, 0.15) is 41.5 Å². The Kier molecular flexibility index (Phi) is 16.7. The normalized spacial score (nSPS) is 31.5. The third kappa shape index (κ3) is 14.1. The summed E-state index contributed by atoms with van der Waals surface area (Å²) < 4.78 is 30.7. The van der Waals surface area contributed by atoms with Gasteiger partial charge in [-0.05, 0) is 41.5 Å². The van der Waals surface area contributed by atoms with Crippen LogP contribution in [0.15, 0.2) is 0 Å². The Morgan fingerprint density at radius 1 is 0.580 bits per heavy atom.